The van der Waals surface area contributed by atoms with Crippen molar-refractivity contribution in [3.63, 3.8) is 0 Å². The summed E-state index contributed by atoms with van der Waals surface area (Å²) in [6.45, 7) is 2.23. The molecule has 0 aliphatic carbocycles. The van der Waals surface area contributed by atoms with Crippen molar-refractivity contribution in [3.05, 3.63) is 22.1 Å². The predicted molar refractivity (Wildman–Crippen MR) is 80.9 cm³/mol. The van der Waals surface area contributed by atoms with Gasteiger partial charge in [-0.05, 0) is 9.91 Å². The van der Waals surface area contributed by atoms with E-state index in [1.165, 1.54) is 13.8 Å². The normalized spacial score (nSPS) is 21.9. The van der Waals surface area contributed by atoms with Crippen LogP contribution in [-0.4, -0.2) is 58.3 Å². The van der Waals surface area contributed by atoms with E-state index in [1.807, 2.05) is 0 Å². The number of carbonyl (C=O) groups is 3. The minimum Gasteiger partial charge on any atom is -0.464 e. The van der Waals surface area contributed by atoms with Gasteiger partial charge in [0.15, 0.2) is 0 Å². The monoisotopic (exact) mass is 371 g/mol. The third-order valence-corrected chi connectivity index (χ3v) is 3.59. The second-order valence-electron chi connectivity index (χ2n) is 5.39. The summed E-state index contributed by atoms with van der Waals surface area (Å²) in [5.74, 6) is -2.78. The minimum absolute atomic E-state index is 0.0724. The Hall–Kier alpha value is -3.02. The van der Waals surface area contributed by atoms with Gasteiger partial charge in [-0.2, -0.15) is 0 Å². The second kappa shape index (κ2) is 7.91. The van der Waals surface area contributed by atoms with Crippen LogP contribution in [-0.2, 0) is 28.5 Å². The SMILES string of the molecule is COC(=O)c1c([N+](=O)[O-])ncn1[C@H]1C[C@@H](OC(C)=O)[C@@H](COC(C)=O)O1. The number of ether oxygens (including phenoxy) is 4. The van der Waals surface area contributed by atoms with Crippen LogP contribution in [0.25, 0.3) is 0 Å². The zero-order chi connectivity index (χ0) is 19.4. The van der Waals surface area contributed by atoms with Gasteiger partial charge in [-0.1, -0.05) is 0 Å². The molecule has 2 rings (SSSR count). The molecule has 0 aromatic carbocycles. The van der Waals surface area contributed by atoms with Crippen molar-refractivity contribution in [2.24, 2.45) is 0 Å². The molecule has 26 heavy (non-hydrogen) atoms. The molecular weight excluding hydrogens is 354 g/mol. The first-order valence-corrected chi connectivity index (χ1v) is 7.50. The molecule has 12 heteroatoms. The zero-order valence-corrected chi connectivity index (χ0v) is 14.2. The van der Waals surface area contributed by atoms with Crippen molar-refractivity contribution in [2.45, 2.75) is 38.7 Å². The third kappa shape index (κ3) is 4.14. The van der Waals surface area contributed by atoms with Gasteiger partial charge < -0.3 is 29.1 Å². The number of rotatable bonds is 6. The van der Waals surface area contributed by atoms with E-state index in [4.69, 9.17) is 14.2 Å². The van der Waals surface area contributed by atoms with Crippen molar-refractivity contribution >= 4 is 23.7 Å². The van der Waals surface area contributed by atoms with Crippen LogP contribution in [0.15, 0.2) is 6.33 Å². The number of esters is 3. The molecule has 12 nitrogen and oxygen atoms in total. The van der Waals surface area contributed by atoms with Crippen LogP contribution >= 0.6 is 0 Å². The molecule has 1 aliphatic rings. The fraction of sp³-hybridized carbons (Fsp3) is 0.571. The summed E-state index contributed by atoms with van der Waals surface area (Å²) in [5.41, 5.74) is -0.405. The largest absolute Gasteiger partial charge is 0.464 e. The highest BCUT2D eigenvalue weighted by atomic mass is 16.6. The average molecular weight is 371 g/mol. The highest BCUT2D eigenvalue weighted by Gasteiger charge is 2.42. The molecule has 0 amide bonds. The Labute approximate surface area is 147 Å². The van der Waals surface area contributed by atoms with Gasteiger partial charge in [0.2, 0.25) is 12.0 Å². The molecule has 142 valence electrons. The topological polar surface area (TPSA) is 149 Å². The van der Waals surface area contributed by atoms with Crippen LogP contribution in [0.2, 0.25) is 0 Å². The van der Waals surface area contributed by atoms with Gasteiger partial charge in [-0.3, -0.25) is 14.2 Å². The summed E-state index contributed by atoms with van der Waals surface area (Å²) >= 11 is 0. The molecule has 0 radical (unpaired) electrons. The van der Waals surface area contributed by atoms with E-state index in [9.17, 15) is 24.5 Å². The summed E-state index contributed by atoms with van der Waals surface area (Å²) in [6.07, 6.45) is -1.35. The number of nitrogens with zero attached hydrogens (tertiary/aromatic N) is 3. The van der Waals surface area contributed by atoms with Gasteiger partial charge in [0.1, 0.15) is 25.0 Å². The van der Waals surface area contributed by atoms with E-state index in [1.54, 1.807) is 0 Å². The maximum absolute atomic E-state index is 11.9. The van der Waals surface area contributed by atoms with Gasteiger partial charge in [-0.25, -0.2) is 4.79 Å². The maximum Gasteiger partial charge on any atom is 0.396 e. The first-order valence-electron chi connectivity index (χ1n) is 7.50. The molecule has 1 fully saturated rings. The Morgan fingerprint density at radius 2 is 2.08 bits per heavy atom. The van der Waals surface area contributed by atoms with Gasteiger partial charge in [0.25, 0.3) is 0 Å². The first kappa shape index (κ1) is 19.3. The lowest BCUT2D eigenvalue weighted by Gasteiger charge is -2.17. The lowest BCUT2D eigenvalue weighted by atomic mass is 10.2. The molecule has 0 bridgehead atoms. The Kier molecular flexibility index (Phi) is 5.87. The van der Waals surface area contributed by atoms with E-state index in [0.717, 1.165) is 18.0 Å². The van der Waals surface area contributed by atoms with Gasteiger partial charge in [0, 0.05) is 20.3 Å². The number of hydrogen-bond acceptors (Lipinski definition) is 10. The molecule has 1 aromatic heterocycles. The Morgan fingerprint density at radius 1 is 1.38 bits per heavy atom. The Balaban J connectivity index is 2.30. The number of methoxy groups -OCH3 is 1. The van der Waals surface area contributed by atoms with Crippen LogP contribution in [0.4, 0.5) is 5.82 Å². The van der Waals surface area contributed by atoms with Crippen molar-refractivity contribution in [1.29, 1.82) is 0 Å². The minimum atomic E-state index is -0.967. The highest BCUT2D eigenvalue weighted by molar-refractivity contribution is 5.91. The maximum atomic E-state index is 11.9. The molecule has 0 spiro atoms. The molecule has 1 aliphatic heterocycles. The molecule has 0 N–H and O–H groups in total. The van der Waals surface area contributed by atoms with Crippen molar-refractivity contribution < 1.29 is 38.3 Å². The van der Waals surface area contributed by atoms with Crippen LogP contribution in [0.3, 0.4) is 0 Å². The van der Waals surface area contributed by atoms with Crippen LogP contribution < -0.4 is 0 Å². The summed E-state index contributed by atoms with van der Waals surface area (Å²) in [4.78, 5) is 48.1. The zero-order valence-electron chi connectivity index (χ0n) is 14.2. The third-order valence-electron chi connectivity index (χ3n) is 3.59. The number of imidazole rings is 1. The fourth-order valence-electron chi connectivity index (χ4n) is 2.55. The molecule has 2 heterocycles. The van der Waals surface area contributed by atoms with E-state index in [0.29, 0.717) is 0 Å². The highest BCUT2D eigenvalue weighted by Crippen LogP contribution is 2.34. The van der Waals surface area contributed by atoms with E-state index >= 15 is 0 Å². The average Bonchev–Trinajstić information content (AvgIpc) is 3.15. The Morgan fingerprint density at radius 3 is 2.62 bits per heavy atom. The van der Waals surface area contributed by atoms with Crippen molar-refractivity contribution in [3.8, 4) is 0 Å². The standard InChI is InChI=1S/C14H17N3O9/c1-7(18)24-5-10-9(25-8(2)19)4-11(26-10)16-6-15-13(17(21)22)12(16)14(20)23-3/h6,9-11H,4-5H2,1-3H3/t9-,10-,11-/m1/s1. The molecule has 1 saturated heterocycles. The summed E-state index contributed by atoms with van der Waals surface area (Å²) in [7, 11) is 1.07. The fourth-order valence-corrected chi connectivity index (χ4v) is 2.55. The summed E-state index contributed by atoms with van der Waals surface area (Å²) < 4.78 is 21.4. The van der Waals surface area contributed by atoms with Gasteiger partial charge in [-0.15, -0.1) is 0 Å². The lowest BCUT2D eigenvalue weighted by molar-refractivity contribution is -0.389. The molecule has 3 atom stereocenters. The van der Waals surface area contributed by atoms with Crippen LogP contribution in [0.1, 0.15) is 37.0 Å². The number of aromatic nitrogens is 2. The van der Waals surface area contributed by atoms with Gasteiger partial charge >= 0.3 is 23.7 Å². The predicted octanol–water partition coefficient (Wildman–Crippen LogP) is 0.360. The van der Waals surface area contributed by atoms with E-state index < -0.39 is 52.8 Å². The second-order valence-corrected chi connectivity index (χ2v) is 5.39. The van der Waals surface area contributed by atoms with Crippen LogP contribution in [0, 0.1) is 10.1 Å². The van der Waals surface area contributed by atoms with Crippen LogP contribution in [0.5, 0.6) is 0 Å². The summed E-state index contributed by atoms with van der Waals surface area (Å²) in [6, 6.07) is 0. The Bertz CT molecular complexity index is 729. The van der Waals surface area contributed by atoms with E-state index in [2.05, 4.69) is 9.72 Å². The lowest BCUT2D eigenvalue weighted by Crippen LogP contribution is -2.31. The number of carbonyl (C=O) groups excluding carboxylic acids is 3. The molecular formula is C14H17N3O9. The first-order chi connectivity index (χ1) is 12.2. The molecule has 1 aromatic rings. The number of nitro groups is 1. The molecule has 0 saturated carbocycles. The smallest absolute Gasteiger partial charge is 0.396 e. The van der Waals surface area contributed by atoms with Crippen molar-refractivity contribution in [2.75, 3.05) is 13.7 Å². The number of hydrogen-bond donors (Lipinski definition) is 0. The quantitative estimate of drug-likeness (QED) is 0.297. The molecule has 0 unspecified atom stereocenters. The van der Waals surface area contributed by atoms with Gasteiger partial charge in [0.05, 0.1) is 7.11 Å². The van der Waals surface area contributed by atoms with Crippen molar-refractivity contribution in [1.82, 2.24) is 9.55 Å². The summed E-state index contributed by atoms with van der Waals surface area (Å²) in [5, 5.41) is 11.1. The van der Waals surface area contributed by atoms with E-state index in [-0.39, 0.29) is 13.0 Å².